The van der Waals surface area contributed by atoms with Crippen molar-refractivity contribution in [3.05, 3.63) is 50.8 Å². The summed E-state index contributed by atoms with van der Waals surface area (Å²) >= 11 is 5.18. The lowest BCUT2D eigenvalue weighted by Crippen LogP contribution is -2.29. The molecule has 0 aromatic carbocycles. The molecule has 0 spiro atoms. The molecule has 0 bridgehead atoms. The van der Waals surface area contributed by atoms with E-state index in [1.54, 1.807) is 10.8 Å². The summed E-state index contributed by atoms with van der Waals surface area (Å²) in [7, 11) is 0. The van der Waals surface area contributed by atoms with Crippen LogP contribution in [-0.2, 0) is 6.54 Å². The SMILES string of the molecule is CCCCn1c(O)c(/C=N/N2CCCCC2c2cccnc2)c(=O)[nH]c1=S. The first-order chi connectivity index (χ1) is 13.1. The van der Waals surface area contributed by atoms with Gasteiger partial charge in [0.05, 0.1) is 12.3 Å². The van der Waals surface area contributed by atoms with E-state index in [9.17, 15) is 9.90 Å². The van der Waals surface area contributed by atoms with E-state index >= 15 is 0 Å². The van der Waals surface area contributed by atoms with Crippen LogP contribution < -0.4 is 5.56 Å². The van der Waals surface area contributed by atoms with Crippen molar-refractivity contribution in [2.75, 3.05) is 6.54 Å². The number of nitrogens with zero attached hydrogens (tertiary/aromatic N) is 4. The van der Waals surface area contributed by atoms with Crippen LogP contribution in [0.5, 0.6) is 5.88 Å². The fraction of sp³-hybridized carbons (Fsp3) is 0.474. The summed E-state index contributed by atoms with van der Waals surface area (Å²) in [5.41, 5.74) is 0.811. The molecule has 8 heteroatoms. The average Bonchev–Trinajstić information content (AvgIpc) is 2.68. The summed E-state index contributed by atoms with van der Waals surface area (Å²) in [5, 5.41) is 17.1. The Kier molecular flexibility index (Phi) is 6.39. The van der Waals surface area contributed by atoms with Crippen LogP contribution in [0.4, 0.5) is 0 Å². The number of aromatic amines is 1. The maximum atomic E-state index is 12.3. The first kappa shape index (κ1) is 19.3. The first-order valence-electron chi connectivity index (χ1n) is 9.38. The minimum atomic E-state index is -0.427. The summed E-state index contributed by atoms with van der Waals surface area (Å²) in [6.07, 6.45) is 10.0. The van der Waals surface area contributed by atoms with Gasteiger partial charge in [-0.15, -0.1) is 0 Å². The number of hydrogen-bond donors (Lipinski definition) is 2. The highest BCUT2D eigenvalue weighted by Gasteiger charge is 2.23. The summed E-state index contributed by atoms with van der Waals surface area (Å²) < 4.78 is 1.78. The Morgan fingerprint density at radius 1 is 1.48 bits per heavy atom. The number of nitrogens with one attached hydrogen (secondary N) is 1. The number of piperidine rings is 1. The van der Waals surface area contributed by atoms with Gasteiger partial charge in [-0.25, -0.2) is 0 Å². The molecule has 0 radical (unpaired) electrons. The number of hydrogen-bond acceptors (Lipinski definition) is 6. The van der Waals surface area contributed by atoms with E-state index in [0.717, 1.165) is 44.2 Å². The maximum Gasteiger partial charge on any atom is 0.264 e. The zero-order valence-electron chi connectivity index (χ0n) is 15.5. The molecule has 0 aliphatic carbocycles. The van der Waals surface area contributed by atoms with Crippen LogP contribution in [0.2, 0.25) is 0 Å². The Bertz CT molecular complexity index is 907. The van der Waals surface area contributed by atoms with E-state index in [1.165, 1.54) is 6.21 Å². The fourth-order valence-corrected chi connectivity index (χ4v) is 3.58. The van der Waals surface area contributed by atoms with Gasteiger partial charge in [-0.3, -0.25) is 24.3 Å². The molecule has 27 heavy (non-hydrogen) atoms. The van der Waals surface area contributed by atoms with Crippen molar-refractivity contribution in [3.8, 4) is 5.88 Å². The van der Waals surface area contributed by atoms with Crippen molar-refractivity contribution < 1.29 is 5.11 Å². The highest BCUT2D eigenvalue weighted by Crippen LogP contribution is 2.30. The summed E-state index contributed by atoms with van der Waals surface area (Å²) in [6, 6.07) is 4.08. The fourth-order valence-electron chi connectivity index (χ4n) is 3.31. The molecular formula is C19H25N5O2S. The monoisotopic (exact) mass is 387 g/mol. The maximum absolute atomic E-state index is 12.3. The number of pyridine rings is 1. The molecule has 2 aromatic rings. The van der Waals surface area contributed by atoms with Crippen LogP contribution in [0.15, 0.2) is 34.4 Å². The molecule has 1 unspecified atom stereocenters. The lowest BCUT2D eigenvalue weighted by atomic mass is 9.98. The number of unbranched alkanes of at least 4 members (excludes halogenated alkanes) is 1. The van der Waals surface area contributed by atoms with Gasteiger partial charge >= 0.3 is 0 Å². The second-order valence-corrected chi connectivity index (χ2v) is 7.09. The lowest BCUT2D eigenvalue weighted by molar-refractivity contribution is 0.156. The van der Waals surface area contributed by atoms with E-state index in [4.69, 9.17) is 12.2 Å². The molecule has 0 amide bonds. The molecule has 1 saturated heterocycles. The number of aromatic nitrogens is 3. The van der Waals surface area contributed by atoms with E-state index in [-0.39, 0.29) is 22.3 Å². The van der Waals surface area contributed by atoms with Crippen molar-refractivity contribution in [2.24, 2.45) is 5.10 Å². The Hall–Kier alpha value is -2.48. The van der Waals surface area contributed by atoms with Crippen molar-refractivity contribution in [1.29, 1.82) is 0 Å². The number of aromatic hydroxyl groups is 1. The topological polar surface area (TPSA) is 86.5 Å². The second kappa shape index (κ2) is 8.94. The van der Waals surface area contributed by atoms with Gasteiger partial charge in [0.15, 0.2) is 4.77 Å². The molecule has 3 rings (SSSR count). The van der Waals surface area contributed by atoms with Crippen LogP contribution in [0, 0.1) is 4.77 Å². The Labute approximate surface area is 163 Å². The summed E-state index contributed by atoms with van der Waals surface area (Å²) in [6.45, 7) is 3.41. The quantitative estimate of drug-likeness (QED) is 0.586. The smallest absolute Gasteiger partial charge is 0.264 e. The van der Waals surface area contributed by atoms with Crippen LogP contribution >= 0.6 is 12.2 Å². The summed E-state index contributed by atoms with van der Waals surface area (Å²) in [4.78, 5) is 19.1. The molecule has 2 N–H and O–H groups in total. The minimum absolute atomic E-state index is 0.121. The molecule has 7 nitrogen and oxygen atoms in total. The van der Waals surface area contributed by atoms with Gasteiger partial charge in [0.1, 0.15) is 5.56 Å². The third-order valence-corrected chi connectivity index (χ3v) is 5.14. The zero-order valence-corrected chi connectivity index (χ0v) is 16.3. The summed E-state index contributed by atoms with van der Waals surface area (Å²) in [5.74, 6) is -0.129. The van der Waals surface area contributed by atoms with Crippen LogP contribution in [0.1, 0.15) is 56.2 Å². The van der Waals surface area contributed by atoms with E-state index < -0.39 is 5.56 Å². The lowest BCUT2D eigenvalue weighted by Gasteiger charge is -2.33. The number of H-pyrrole nitrogens is 1. The zero-order chi connectivity index (χ0) is 19.2. The normalized spacial score (nSPS) is 17.5. The molecule has 0 saturated carbocycles. The predicted molar refractivity (Wildman–Crippen MR) is 108 cm³/mol. The van der Waals surface area contributed by atoms with Crippen LogP contribution in [0.25, 0.3) is 0 Å². The molecule has 3 heterocycles. The van der Waals surface area contributed by atoms with Crippen molar-refractivity contribution in [1.82, 2.24) is 19.5 Å². The van der Waals surface area contributed by atoms with E-state index in [0.29, 0.717) is 6.54 Å². The Morgan fingerprint density at radius 3 is 3.07 bits per heavy atom. The van der Waals surface area contributed by atoms with Gasteiger partial charge in [0.25, 0.3) is 5.56 Å². The molecule has 1 aliphatic heterocycles. The van der Waals surface area contributed by atoms with E-state index in [2.05, 4.69) is 22.0 Å². The van der Waals surface area contributed by atoms with Gasteiger partial charge in [-0.05, 0) is 49.5 Å². The van der Waals surface area contributed by atoms with Crippen molar-refractivity contribution in [2.45, 2.75) is 51.6 Å². The predicted octanol–water partition coefficient (Wildman–Crippen LogP) is 3.37. The standard InChI is InChI=1S/C19H25N5O2S/c1-2-3-10-23-18(26)15(17(25)22-19(23)27)13-21-24-11-5-4-8-16(24)14-7-6-9-20-12-14/h6-7,9,12-13,16,26H,2-5,8,10-11H2,1H3,(H,22,25,27)/b21-13+. The third-order valence-electron chi connectivity index (χ3n) is 4.82. The molecule has 144 valence electrons. The van der Waals surface area contributed by atoms with Gasteiger partial charge in [0, 0.05) is 25.5 Å². The molecule has 1 atom stereocenters. The largest absolute Gasteiger partial charge is 0.494 e. The van der Waals surface area contributed by atoms with E-state index in [1.807, 2.05) is 23.3 Å². The molecule has 1 fully saturated rings. The van der Waals surface area contributed by atoms with Gasteiger partial charge in [-0.1, -0.05) is 19.4 Å². The van der Waals surface area contributed by atoms with Gasteiger partial charge < -0.3 is 5.11 Å². The van der Waals surface area contributed by atoms with Crippen LogP contribution in [-0.4, -0.2) is 37.4 Å². The van der Waals surface area contributed by atoms with Gasteiger partial charge in [0.2, 0.25) is 5.88 Å². The number of rotatable bonds is 6. The molecule has 2 aromatic heterocycles. The highest BCUT2D eigenvalue weighted by atomic mass is 32.1. The Balaban J connectivity index is 1.90. The van der Waals surface area contributed by atoms with Gasteiger partial charge in [-0.2, -0.15) is 5.10 Å². The molecular weight excluding hydrogens is 362 g/mol. The highest BCUT2D eigenvalue weighted by molar-refractivity contribution is 7.71. The molecule has 1 aliphatic rings. The average molecular weight is 388 g/mol. The number of hydrazone groups is 1. The van der Waals surface area contributed by atoms with Crippen LogP contribution in [0.3, 0.4) is 0 Å². The Morgan fingerprint density at radius 2 is 2.33 bits per heavy atom. The second-order valence-electron chi connectivity index (χ2n) is 6.71. The minimum Gasteiger partial charge on any atom is -0.494 e. The third kappa shape index (κ3) is 4.44. The first-order valence-corrected chi connectivity index (χ1v) is 9.79. The van der Waals surface area contributed by atoms with Crippen molar-refractivity contribution in [3.63, 3.8) is 0 Å². The van der Waals surface area contributed by atoms with Crippen molar-refractivity contribution >= 4 is 18.4 Å².